The molecular formula is C6H10O6. The Bertz CT molecular complexity index is 181. The molecule has 1 heterocycles. The Balaban J connectivity index is 2.66. The second kappa shape index (κ2) is 3.36. The highest BCUT2D eigenvalue weighted by Gasteiger charge is 2.40. The van der Waals surface area contributed by atoms with Crippen LogP contribution in [0.15, 0.2) is 0 Å². The Kier molecular flexibility index (Phi) is 2.63. The van der Waals surface area contributed by atoms with Crippen LogP contribution in [0, 0.1) is 0 Å². The number of aliphatic hydroxyl groups is 3. The topological polar surface area (TPSA) is 107 Å². The van der Waals surface area contributed by atoms with E-state index in [2.05, 4.69) is 4.74 Å². The SMILES string of the molecule is O=C(O)[C@H]1OC(O)C[C@@H](O)[C@@H]1O. The van der Waals surface area contributed by atoms with Gasteiger partial charge in [0.2, 0.25) is 0 Å². The van der Waals surface area contributed by atoms with Gasteiger partial charge in [-0.3, -0.25) is 0 Å². The van der Waals surface area contributed by atoms with Gasteiger partial charge in [0.15, 0.2) is 12.4 Å². The van der Waals surface area contributed by atoms with E-state index in [1.54, 1.807) is 0 Å². The molecule has 1 aliphatic heterocycles. The third-order valence-electron chi connectivity index (χ3n) is 1.69. The normalized spacial score (nSPS) is 42.6. The summed E-state index contributed by atoms with van der Waals surface area (Å²) in [5.74, 6) is -1.40. The summed E-state index contributed by atoms with van der Waals surface area (Å²) in [5, 5.41) is 35.4. The summed E-state index contributed by atoms with van der Waals surface area (Å²) in [4.78, 5) is 10.3. The van der Waals surface area contributed by atoms with Gasteiger partial charge in [0.25, 0.3) is 0 Å². The van der Waals surface area contributed by atoms with Crippen LogP contribution in [0.5, 0.6) is 0 Å². The predicted octanol–water partition coefficient (Wildman–Crippen LogP) is -2.10. The lowest BCUT2D eigenvalue weighted by molar-refractivity contribution is -0.236. The molecule has 0 saturated carbocycles. The molecule has 0 spiro atoms. The third-order valence-corrected chi connectivity index (χ3v) is 1.69. The van der Waals surface area contributed by atoms with Gasteiger partial charge in [0.05, 0.1) is 6.10 Å². The first-order valence-corrected chi connectivity index (χ1v) is 3.45. The number of hydrogen-bond donors (Lipinski definition) is 4. The van der Waals surface area contributed by atoms with Crippen molar-refractivity contribution in [2.45, 2.75) is 31.0 Å². The second-order valence-corrected chi connectivity index (χ2v) is 2.64. The Hall–Kier alpha value is -0.690. The van der Waals surface area contributed by atoms with Crippen molar-refractivity contribution in [2.75, 3.05) is 0 Å². The number of aliphatic carboxylic acids is 1. The molecule has 0 amide bonds. The maximum atomic E-state index is 10.3. The van der Waals surface area contributed by atoms with Crippen molar-refractivity contribution in [1.82, 2.24) is 0 Å². The molecule has 1 aliphatic rings. The largest absolute Gasteiger partial charge is 0.479 e. The van der Waals surface area contributed by atoms with Gasteiger partial charge < -0.3 is 25.2 Å². The smallest absolute Gasteiger partial charge is 0.335 e. The monoisotopic (exact) mass is 178 g/mol. The molecule has 0 aromatic heterocycles. The van der Waals surface area contributed by atoms with E-state index in [1.165, 1.54) is 0 Å². The van der Waals surface area contributed by atoms with Crippen molar-refractivity contribution in [3.8, 4) is 0 Å². The zero-order valence-electron chi connectivity index (χ0n) is 6.12. The van der Waals surface area contributed by atoms with Crippen molar-refractivity contribution >= 4 is 5.97 Å². The van der Waals surface area contributed by atoms with Gasteiger partial charge in [-0.1, -0.05) is 0 Å². The molecular weight excluding hydrogens is 168 g/mol. The van der Waals surface area contributed by atoms with E-state index in [9.17, 15) is 4.79 Å². The van der Waals surface area contributed by atoms with E-state index >= 15 is 0 Å². The molecule has 12 heavy (non-hydrogen) atoms. The molecule has 0 bridgehead atoms. The second-order valence-electron chi connectivity index (χ2n) is 2.64. The summed E-state index contributed by atoms with van der Waals surface area (Å²) in [7, 11) is 0. The number of rotatable bonds is 1. The minimum atomic E-state index is -1.55. The number of carboxylic acids is 1. The lowest BCUT2D eigenvalue weighted by Gasteiger charge is -2.32. The molecule has 1 saturated heterocycles. The molecule has 4 atom stereocenters. The molecule has 0 aromatic carbocycles. The standard InChI is InChI=1S/C6H10O6/c7-2-1-3(8)12-5(4(2)9)6(10)11/h2-5,7-9H,1H2,(H,10,11)/t2-,3?,4+,5+/m1/s1. The first-order chi connectivity index (χ1) is 5.52. The minimum Gasteiger partial charge on any atom is -0.479 e. The number of aliphatic hydroxyl groups excluding tert-OH is 3. The molecule has 1 fully saturated rings. The Morgan fingerprint density at radius 3 is 2.42 bits per heavy atom. The van der Waals surface area contributed by atoms with Crippen LogP contribution in [0.1, 0.15) is 6.42 Å². The quantitative estimate of drug-likeness (QED) is 0.366. The molecule has 0 radical (unpaired) electrons. The fourth-order valence-electron chi connectivity index (χ4n) is 1.06. The van der Waals surface area contributed by atoms with E-state index in [0.717, 1.165) is 0 Å². The van der Waals surface area contributed by atoms with Crippen molar-refractivity contribution in [2.24, 2.45) is 0 Å². The van der Waals surface area contributed by atoms with Crippen molar-refractivity contribution in [3.05, 3.63) is 0 Å². The summed E-state index contributed by atoms with van der Waals surface area (Å²) in [6.45, 7) is 0. The van der Waals surface area contributed by atoms with E-state index in [4.69, 9.17) is 20.4 Å². The fraction of sp³-hybridized carbons (Fsp3) is 0.833. The summed E-state index contributed by atoms with van der Waals surface area (Å²) < 4.78 is 4.48. The van der Waals surface area contributed by atoms with Crippen LogP contribution in [0.2, 0.25) is 0 Å². The molecule has 6 nitrogen and oxygen atoms in total. The summed E-state index contributed by atoms with van der Waals surface area (Å²) in [5.41, 5.74) is 0. The van der Waals surface area contributed by atoms with Gasteiger partial charge in [0, 0.05) is 6.42 Å². The average molecular weight is 178 g/mol. The van der Waals surface area contributed by atoms with Crippen LogP contribution < -0.4 is 0 Å². The first-order valence-electron chi connectivity index (χ1n) is 3.45. The Morgan fingerprint density at radius 2 is 1.92 bits per heavy atom. The van der Waals surface area contributed by atoms with Gasteiger partial charge in [0.1, 0.15) is 6.10 Å². The van der Waals surface area contributed by atoms with Crippen LogP contribution >= 0.6 is 0 Å². The molecule has 1 rings (SSSR count). The van der Waals surface area contributed by atoms with Crippen LogP contribution in [0.3, 0.4) is 0 Å². The zero-order chi connectivity index (χ0) is 9.30. The van der Waals surface area contributed by atoms with E-state index < -0.39 is 30.6 Å². The van der Waals surface area contributed by atoms with Crippen molar-refractivity contribution in [3.63, 3.8) is 0 Å². The number of carbonyl (C=O) groups is 1. The van der Waals surface area contributed by atoms with Gasteiger partial charge in [-0.05, 0) is 0 Å². The predicted molar refractivity (Wildman–Crippen MR) is 35.1 cm³/mol. The van der Waals surface area contributed by atoms with Crippen molar-refractivity contribution in [1.29, 1.82) is 0 Å². The Labute approximate surface area is 68.0 Å². The molecule has 6 heteroatoms. The van der Waals surface area contributed by atoms with Gasteiger partial charge in [-0.15, -0.1) is 0 Å². The van der Waals surface area contributed by atoms with Crippen LogP contribution in [0.4, 0.5) is 0 Å². The van der Waals surface area contributed by atoms with E-state index in [-0.39, 0.29) is 6.42 Å². The zero-order valence-corrected chi connectivity index (χ0v) is 6.12. The maximum absolute atomic E-state index is 10.3. The highest BCUT2D eigenvalue weighted by Crippen LogP contribution is 2.18. The summed E-state index contributed by atoms with van der Waals surface area (Å²) >= 11 is 0. The van der Waals surface area contributed by atoms with Crippen LogP contribution in [0.25, 0.3) is 0 Å². The third kappa shape index (κ3) is 1.72. The van der Waals surface area contributed by atoms with E-state index in [1.807, 2.05) is 0 Å². The first kappa shape index (κ1) is 9.40. The molecule has 0 aromatic rings. The van der Waals surface area contributed by atoms with Gasteiger partial charge in [-0.25, -0.2) is 4.79 Å². The minimum absolute atomic E-state index is 0.176. The average Bonchev–Trinajstić information content (AvgIpc) is 1.96. The highest BCUT2D eigenvalue weighted by atomic mass is 16.6. The van der Waals surface area contributed by atoms with Crippen LogP contribution in [-0.2, 0) is 9.53 Å². The molecule has 4 N–H and O–H groups in total. The van der Waals surface area contributed by atoms with Gasteiger partial charge >= 0.3 is 5.97 Å². The number of hydrogen-bond acceptors (Lipinski definition) is 5. The Morgan fingerprint density at radius 1 is 1.33 bits per heavy atom. The molecule has 0 aliphatic carbocycles. The number of carboxylic acid groups (broad SMARTS) is 1. The summed E-state index contributed by atoms with van der Waals surface area (Å²) in [6.07, 6.45) is -5.79. The fourth-order valence-corrected chi connectivity index (χ4v) is 1.06. The molecule has 1 unspecified atom stereocenters. The molecule has 70 valence electrons. The summed E-state index contributed by atoms with van der Waals surface area (Å²) in [6, 6.07) is 0. The highest BCUT2D eigenvalue weighted by molar-refractivity contribution is 5.73. The number of ether oxygens (including phenoxy) is 1. The van der Waals surface area contributed by atoms with Crippen molar-refractivity contribution < 1.29 is 30.0 Å². The van der Waals surface area contributed by atoms with E-state index in [0.29, 0.717) is 0 Å². The van der Waals surface area contributed by atoms with Crippen LogP contribution in [-0.4, -0.2) is 51.0 Å². The lowest BCUT2D eigenvalue weighted by Crippen LogP contribution is -2.51. The lowest BCUT2D eigenvalue weighted by atomic mass is 10.0. The van der Waals surface area contributed by atoms with Gasteiger partial charge in [-0.2, -0.15) is 0 Å². The maximum Gasteiger partial charge on any atom is 0.335 e.